The number of hydrogen-bond donors (Lipinski definition) is 0. The number of fused-ring (bicyclic) bond motifs is 2. The average molecular weight is 426 g/mol. The van der Waals surface area contributed by atoms with Crippen molar-refractivity contribution in [2.24, 2.45) is 0 Å². The molecule has 2 nitrogen and oxygen atoms in total. The van der Waals surface area contributed by atoms with Crippen molar-refractivity contribution in [2.75, 3.05) is 6.61 Å². The van der Waals surface area contributed by atoms with Crippen LogP contribution in [-0.4, -0.2) is 6.61 Å². The fourth-order valence-electron chi connectivity index (χ4n) is 3.97. The predicted molar refractivity (Wildman–Crippen MR) is 115 cm³/mol. The first-order valence-corrected chi connectivity index (χ1v) is 10.7. The zero-order valence-corrected chi connectivity index (χ0v) is 17.7. The van der Waals surface area contributed by atoms with E-state index >= 15 is 4.39 Å². The molecule has 31 heavy (non-hydrogen) atoms. The standard InChI is InChI=1S/C26H25F3O2/c1-3-5-16-6-8-17(9-7-16)10-11-18-12-13-19-14-20-15-21(30-4-2)23(28)24(29)26(20)31-25(19)22(18)27/h6-9,12-13,15H,3-5,10-11,14H2,1-2H3. The Morgan fingerprint density at radius 3 is 2.13 bits per heavy atom. The number of benzene rings is 3. The molecule has 0 spiro atoms. The van der Waals surface area contributed by atoms with Crippen LogP contribution in [0.1, 0.15) is 48.1 Å². The third kappa shape index (κ3) is 4.27. The predicted octanol–water partition coefficient (Wildman–Crippen LogP) is 6.94. The van der Waals surface area contributed by atoms with Gasteiger partial charge in [0.05, 0.1) is 6.61 Å². The number of rotatable bonds is 7. The summed E-state index contributed by atoms with van der Waals surface area (Å²) < 4.78 is 54.7. The fourth-order valence-corrected chi connectivity index (χ4v) is 3.97. The molecule has 0 N–H and O–H groups in total. The maximum atomic E-state index is 15.2. The molecule has 1 aliphatic heterocycles. The fraction of sp³-hybridized carbons (Fsp3) is 0.308. The Kier molecular flexibility index (Phi) is 6.21. The molecular formula is C26H25F3O2. The summed E-state index contributed by atoms with van der Waals surface area (Å²) in [4.78, 5) is 0. The summed E-state index contributed by atoms with van der Waals surface area (Å²) in [5.74, 6) is -3.23. The Bertz CT molecular complexity index is 1090. The van der Waals surface area contributed by atoms with Gasteiger partial charge in [-0.05, 0) is 48.9 Å². The van der Waals surface area contributed by atoms with Crippen LogP contribution in [0.4, 0.5) is 13.2 Å². The highest BCUT2D eigenvalue weighted by Gasteiger charge is 2.28. The lowest BCUT2D eigenvalue weighted by molar-refractivity contribution is 0.306. The minimum atomic E-state index is -1.15. The monoisotopic (exact) mass is 426 g/mol. The molecule has 3 aromatic carbocycles. The van der Waals surface area contributed by atoms with Gasteiger partial charge >= 0.3 is 0 Å². The zero-order valence-electron chi connectivity index (χ0n) is 17.7. The molecule has 162 valence electrons. The van der Waals surface area contributed by atoms with Gasteiger partial charge in [0, 0.05) is 17.5 Å². The molecule has 0 aliphatic carbocycles. The maximum absolute atomic E-state index is 15.2. The summed E-state index contributed by atoms with van der Waals surface area (Å²) in [7, 11) is 0. The lowest BCUT2D eigenvalue weighted by Crippen LogP contribution is -2.11. The Morgan fingerprint density at radius 2 is 1.45 bits per heavy atom. The van der Waals surface area contributed by atoms with E-state index in [1.165, 1.54) is 11.6 Å². The van der Waals surface area contributed by atoms with Gasteiger partial charge in [0.25, 0.3) is 0 Å². The van der Waals surface area contributed by atoms with E-state index in [0.717, 1.165) is 18.4 Å². The van der Waals surface area contributed by atoms with Crippen LogP contribution in [0.3, 0.4) is 0 Å². The molecule has 1 aliphatic rings. The van der Waals surface area contributed by atoms with Gasteiger partial charge in [0.15, 0.2) is 23.1 Å². The van der Waals surface area contributed by atoms with E-state index < -0.39 is 17.5 Å². The van der Waals surface area contributed by atoms with E-state index in [0.29, 0.717) is 29.5 Å². The lowest BCUT2D eigenvalue weighted by Gasteiger charge is -2.23. The average Bonchev–Trinajstić information content (AvgIpc) is 2.77. The number of hydrogen-bond acceptors (Lipinski definition) is 2. The summed E-state index contributed by atoms with van der Waals surface area (Å²) in [5.41, 5.74) is 3.95. The third-order valence-electron chi connectivity index (χ3n) is 5.59. The van der Waals surface area contributed by atoms with Crippen LogP contribution in [0.5, 0.6) is 17.2 Å². The van der Waals surface area contributed by atoms with E-state index in [2.05, 4.69) is 31.2 Å². The molecular weight excluding hydrogens is 401 g/mol. The van der Waals surface area contributed by atoms with Crippen molar-refractivity contribution in [3.63, 3.8) is 0 Å². The number of ether oxygens (including phenoxy) is 2. The van der Waals surface area contributed by atoms with Crippen LogP contribution < -0.4 is 9.47 Å². The molecule has 0 fully saturated rings. The quantitative estimate of drug-likeness (QED) is 0.319. The maximum Gasteiger partial charge on any atom is 0.205 e. The van der Waals surface area contributed by atoms with Crippen molar-refractivity contribution in [3.8, 4) is 17.2 Å². The minimum Gasteiger partial charge on any atom is -0.491 e. The summed E-state index contributed by atoms with van der Waals surface area (Å²) in [6, 6.07) is 13.3. The lowest BCUT2D eigenvalue weighted by atomic mass is 9.95. The van der Waals surface area contributed by atoms with Gasteiger partial charge in [0.1, 0.15) is 0 Å². The minimum absolute atomic E-state index is 0.0225. The first kappa shape index (κ1) is 21.3. The summed E-state index contributed by atoms with van der Waals surface area (Å²) >= 11 is 0. The molecule has 1 heterocycles. The first-order chi connectivity index (χ1) is 15.0. The zero-order chi connectivity index (χ0) is 22.0. The molecule has 0 radical (unpaired) electrons. The first-order valence-electron chi connectivity index (χ1n) is 10.7. The van der Waals surface area contributed by atoms with Crippen LogP contribution in [0.25, 0.3) is 0 Å². The highest BCUT2D eigenvalue weighted by Crippen LogP contribution is 2.43. The van der Waals surface area contributed by atoms with Gasteiger partial charge < -0.3 is 9.47 Å². The molecule has 4 rings (SSSR count). The largest absolute Gasteiger partial charge is 0.491 e. The Morgan fingerprint density at radius 1 is 0.774 bits per heavy atom. The Labute approximate surface area is 180 Å². The summed E-state index contributed by atoms with van der Waals surface area (Å²) in [5, 5.41) is 0. The third-order valence-corrected chi connectivity index (χ3v) is 5.59. The second-order valence-electron chi connectivity index (χ2n) is 7.80. The van der Waals surface area contributed by atoms with Crippen LogP contribution in [-0.2, 0) is 25.7 Å². The molecule has 0 amide bonds. The van der Waals surface area contributed by atoms with Gasteiger partial charge in [-0.15, -0.1) is 0 Å². The van der Waals surface area contributed by atoms with Crippen molar-refractivity contribution in [3.05, 3.63) is 87.7 Å². The van der Waals surface area contributed by atoms with Gasteiger partial charge in [-0.3, -0.25) is 0 Å². The molecule has 0 aromatic heterocycles. The normalized spacial score (nSPS) is 12.2. The molecule has 0 unspecified atom stereocenters. The van der Waals surface area contributed by atoms with E-state index in [-0.39, 0.29) is 30.3 Å². The second kappa shape index (κ2) is 9.04. The van der Waals surface area contributed by atoms with Crippen LogP contribution in [0.15, 0.2) is 42.5 Å². The van der Waals surface area contributed by atoms with Crippen LogP contribution in [0, 0.1) is 17.5 Å². The molecule has 0 atom stereocenters. The number of aryl methyl sites for hydroxylation is 3. The van der Waals surface area contributed by atoms with E-state index in [1.807, 2.05) is 0 Å². The summed E-state index contributed by atoms with van der Waals surface area (Å²) in [6.45, 7) is 4.05. The second-order valence-corrected chi connectivity index (χ2v) is 7.80. The molecule has 5 heteroatoms. The Hall–Kier alpha value is -2.95. The van der Waals surface area contributed by atoms with Crippen LogP contribution >= 0.6 is 0 Å². The molecule has 0 bridgehead atoms. The molecule has 3 aromatic rings. The highest BCUT2D eigenvalue weighted by molar-refractivity contribution is 5.54. The van der Waals surface area contributed by atoms with Crippen molar-refractivity contribution >= 4 is 0 Å². The van der Waals surface area contributed by atoms with Crippen molar-refractivity contribution < 1.29 is 22.6 Å². The van der Waals surface area contributed by atoms with Gasteiger partial charge in [-0.1, -0.05) is 49.7 Å². The van der Waals surface area contributed by atoms with Crippen molar-refractivity contribution in [1.82, 2.24) is 0 Å². The Balaban J connectivity index is 1.55. The number of halogens is 3. The molecule has 0 saturated heterocycles. The van der Waals surface area contributed by atoms with Crippen molar-refractivity contribution in [1.29, 1.82) is 0 Å². The van der Waals surface area contributed by atoms with Crippen LogP contribution in [0.2, 0.25) is 0 Å². The molecule has 0 saturated carbocycles. The topological polar surface area (TPSA) is 18.5 Å². The van der Waals surface area contributed by atoms with Gasteiger partial charge in [-0.25, -0.2) is 4.39 Å². The van der Waals surface area contributed by atoms with Crippen molar-refractivity contribution in [2.45, 2.75) is 46.0 Å². The van der Waals surface area contributed by atoms with E-state index in [1.54, 1.807) is 19.1 Å². The van der Waals surface area contributed by atoms with Gasteiger partial charge in [0.2, 0.25) is 11.6 Å². The SMILES string of the molecule is CCCc1ccc(CCc2ccc3c(c2F)Oc2c(cc(OCC)c(F)c2F)C3)cc1. The van der Waals surface area contributed by atoms with E-state index in [4.69, 9.17) is 9.47 Å². The summed E-state index contributed by atoms with van der Waals surface area (Å²) in [6.07, 6.45) is 3.56. The van der Waals surface area contributed by atoms with E-state index in [9.17, 15) is 8.78 Å². The smallest absolute Gasteiger partial charge is 0.205 e. The van der Waals surface area contributed by atoms with Gasteiger partial charge in [-0.2, -0.15) is 8.78 Å². The highest BCUT2D eigenvalue weighted by atomic mass is 19.2.